The van der Waals surface area contributed by atoms with Gasteiger partial charge in [-0.15, -0.1) is 0 Å². The molecule has 2 aromatic carbocycles. The van der Waals surface area contributed by atoms with Gasteiger partial charge in [0.25, 0.3) is 0 Å². The Balaban J connectivity index is 1.67. The van der Waals surface area contributed by atoms with Crippen molar-refractivity contribution in [1.82, 2.24) is 0 Å². The Kier molecular flexibility index (Phi) is 4.10. The third kappa shape index (κ3) is 3.19. The van der Waals surface area contributed by atoms with Crippen LogP contribution in [0.5, 0.6) is 5.75 Å². The quantitative estimate of drug-likeness (QED) is 0.927. The molecule has 1 atom stereocenters. The highest BCUT2D eigenvalue weighted by Gasteiger charge is 2.21. The second kappa shape index (κ2) is 6.18. The predicted octanol–water partition coefficient (Wildman–Crippen LogP) is 4.09. The molecule has 1 unspecified atom stereocenters. The van der Waals surface area contributed by atoms with Crippen molar-refractivity contribution in [2.24, 2.45) is 4.99 Å². The van der Waals surface area contributed by atoms with Gasteiger partial charge in [-0.2, -0.15) is 0 Å². The topological polar surface area (TPSA) is 33.6 Å². The van der Waals surface area contributed by atoms with Gasteiger partial charge in [0.15, 0.2) is 16.7 Å². The van der Waals surface area contributed by atoms with Crippen molar-refractivity contribution in [2.75, 3.05) is 19.0 Å². The highest BCUT2D eigenvalue weighted by atomic mass is 32.2. The minimum absolute atomic E-state index is 0.225. The van der Waals surface area contributed by atoms with E-state index in [1.807, 2.05) is 18.2 Å². The molecule has 1 N–H and O–H groups in total. The molecular formula is C16H15FN2OS. The van der Waals surface area contributed by atoms with E-state index in [0.717, 1.165) is 17.4 Å². The molecule has 0 saturated carbocycles. The van der Waals surface area contributed by atoms with E-state index in [9.17, 15) is 4.39 Å². The van der Waals surface area contributed by atoms with Crippen molar-refractivity contribution in [2.45, 2.75) is 5.25 Å². The SMILES string of the molecule is COc1cc(NC2=NCC(c3ccccc3)S2)ccc1F. The number of aliphatic imine (C=N–C) groups is 1. The van der Waals surface area contributed by atoms with Gasteiger partial charge in [-0.05, 0) is 17.7 Å². The number of methoxy groups -OCH3 is 1. The molecule has 1 aliphatic heterocycles. The second-order valence-corrected chi connectivity index (χ2v) is 5.83. The Hall–Kier alpha value is -2.01. The summed E-state index contributed by atoms with van der Waals surface area (Å²) in [6.07, 6.45) is 0. The second-order valence-electron chi connectivity index (χ2n) is 4.64. The van der Waals surface area contributed by atoms with E-state index in [0.29, 0.717) is 5.25 Å². The van der Waals surface area contributed by atoms with E-state index in [2.05, 4.69) is 22.4 Å². The predicted molar refractivity (Wildman–Crippen MR) is 85.7 cm³/mol. The van der Waals surface area contributed by atoms with Crippen molar-refractivity contribution in [1.29, 1.82) is 0 Å². The zero-order valence-corrected chi connectivity index (χ0v) is 12.4. The minimum atomic E-state index is -0.369. The zero-order chi connectivity index (χ0) is 14.7. The average molecular weight is 302 g/mol. The Morgan fingerprint density at radius 2 is 2.05 bits per heavy atom. The molecule has 108 valence electrons. The van der Waals surface area contributed by atoms with Crippen molar-refractivity contribution < 1.29 is 9.13 Å². The molecule has 0 bridgehead atoms. The molecule has 3 nitrogen and oxygen atoms in total. The number of hydrogen-bond acceptors (Lipinski definition) is 4. The first kappa shape index (κ1) is 13.9. The van der Waals surface area contributed by atoms with Crippen LogP contribution in [0.3, 0.4) is 0 Å². The van der Waals surface area contributed by atoms with Crippen LogP contribution in [0.25, 0.3) is 0 Å². The van der Waals surface area contributed by atoms with Crippen molar-refractivity contribution in [3.05, 3.63) is 59.9 Å². The van der Waals surface area contributed by atoms with Gasteiger partial charge in [0.1, 0.15) is 0 Å². The molecular weight excluding hydrogens is 287 g/mol. The fraction of sp³-hybridized carbons (Fsp3) is 0.188. The molecule has 0 saturated heterocycles. The van der Waals surface area contributed by atoms with Crippen LogP contribution in [0.2, 0.25) is 0 Å². The van der Waals surface area contributed by atoms with Crippen LogP contribution in [0.1, 0.15) is 10.8 Å². The van der Waals surface area contributed by atoms with Crippen LogP contribution in [0.4, 0.5) is 10.1 Å². The molecule has 1 aliphatic rings. The summed E-state index contributed by atoms with van der Waals surface area (Å²) in [4.78, 5) is 4.50. The normalized spacial score (nSPS) is 17.4. The van der Waals surface area contributed by atoms with E-state index in [1.165, 1.54) is 18.7 Å². The summed E-state index contributed by atoms with van der Waals surface area (Å²) in [6, 6.07) is 15.0. The van der Waals surface area contributed by atoms with Gasteiger partial charge in [0.05, 0.1) is 18.9 Å². The molecule has 0 aliphatic carbocycles. The molecule has 0 spiro atoms. The fourth-order valence-corrected chi connectivity index (χ4v) is 3.18. The Morgan fingerprint density at radius 1 is 1.24 bits per heavy atom. The number of hydrogen-bond donors (Lipinski definition) is 1. The highest BCUT2D eigenvalue weighted by Crippen LogP contribution is 2.35. The number of rotatable bonds is 3. The lowest BCUT2D eigenvalue weighted by atomic mass is 10.1. The maximum absolute atomic E-state index is 13.4. The van der Waals surface area contributed by atoms with Crippen LogP contribution >= 0.6 is 11.8 Å². The summed E-state index contributed by atoms with van der Waals surface area (Å²) in [5.41, 5.74) is 2.04. The van der Waals surface area contributed by atoms with Crippen LogP contribution < -0.4 is 10.1 Å². The first-order chi connectivity index (χ1) is 10.3. The molecule has 3 rings (SSSR count). The summed E-state index contributed by atoms with van der Waals surface area (Å²) < 4.78 is 18.4. The Bertz CT molecular complexity index is 661. The van der Waals surface area contributed by atoms with Gasteiger partial charge in [0.2, 0.25) is 0 Å². The summed E-state index contributed by atoms with van der Waals surface area (Å²) in [7, 11) is 1.45. The van der Waals surface area contributed by atoms with Crippen LogP contribution in [0.15, 0.2) is 53.5 Å². The fourth-order valence-electron chi connectivity index (χ4n) is 2.15. The van der Waals surface area contributed by atoms with Crippen LogP contribution in [0, 0.1) is 5.82 Å². The van der Waals surface area contributed by atoms with E-state index >= 15 is 0 Å². The first-order valence-corrected chi connectivity index (χ1v) is 7.51. The van der Waals surface area contributed by atoms with Crippen molar-refractivity contribution >= 4 is 22.6 Å². The number of nitrogens with one attached hydrogen (secondary N) is 1. The average Bonchev–Trinajstić information content (AvgIpc) is 2.98. The maximum atomic E-state index is 13.4. The number of halogens is 1. The lowest BCUT2D eigenvalue weighted by Gasteiger charge is -2.10. The minimum Gasteiger partial charge on any atom is -0.494 e. The van der Waals surface area contributed by atoms with E-state index in [4.69, 9.17) is 4.74 Å². The number of ether oxygens (including phenoxy) is 1. The number of thioether (sulfide) groups is 1. The molecule has 5 heteroatoms. The lowest BCUT2D eigenvalue weighted by molar-refractivity contribution is 0.387. The number of amidine groups is 1. The third-order valence-electron chi connectivity index (χ3n) is 3.23. The molecule has 0 amide bonds. The monoisotopic (exact) mass is 302 g/mol. The number of anilines is 1. The molecule has 1 heterocycles. The van der Waals surface area contributed by atoms with Gasteiger partial charge in [-0.1, -0.05) is 42.1 Å². The summed E-state index contributed by atoms with van der Waals surface area (Å²) in [5.74, 6) is -0.144. The smallest absolute Gasteiger partial charge is 0.165 e. The van der Waals surface area contributed by atoms with Gasteiger partial charge in [-0.25, -0.2) is 4.39 Å². The molecule has 0 fully saturated rings. The maximum Gasteiger partial charge on any atom is 0.165 e. The first-order valence-electron chi connectivity index (χ1n) is 6.63. The Morgan fingerprint density at radius 3 is 2.81 bits per heavy atom. The number of benzene rings is 2. The van der Waals surface area contributed by atoms with Crippen molar-refractivity contribution in [3.63, 3.8) is 0 Å². The third-order valence-corrected chi connectivity index (χ3v) is 4.39. The summed E-state index contributed by atoms with van der Waals surface area (Å²) in [5, 5.41) is 4.38. The van der Waals surface area contributed by atoms with Crippen LogP contribution in [-0.2, 0) is 0 Å². The molecule has 2 aromatic rings. The summed E-state index contributed by atoms with van der Waals surface area (Å²) >= 11 is 1.68. The summed E-state index contributed by atoms with van der Waals surface area (Å²) in [6.45, 7) is 0.745. The van der Waals surface area contributed by atoms with E-state index < -0.39 is 0 Å². The van der Waals surface area contributed by atoms with Crippen LogP contribution in [-0.4, -0.2) is 18.8 Å². The number of nitrogens with zero attached hydrogens (tertiary/aromatic N) is 1. The lowest BCUT2D eigenvalue weighted by Crippen LogP contribution is -2.05. The van der Waals surface area contributed by atoms with E-state index in [1.54, 1.807) is 23.9 Å². The molecule has 21 heavy (non-hydrogen) atoms. The highest BCUT2D eigenvalue weighted by molar-refractivity contribution is 8.14. The molecule has 0 aromatic heterocycles. The van der Waals surface area contributed by atoms with Gasteiger partial charge < -0.3 is 10.1 Å². The van der Waals surface area contributed by atoms with E-state index in [-0.39, 0.29) is 11.6 Å². The largest absolute Gasteiger partial charge is 0.494 e. The Labute approximate surface area is 127 Å². The van der Waals surface area contributed by atoms with Gasteiger partial charge >= 0.3 is 0 Å². The zero-order valence-electron chi connectivity index (χ0n) is 11.5. The standard InChI is InChI=1S/C16H15FN2OS/c1-20-14-9-12(7-8-13(14)17)19-16-18-10-15(21-16)11-5-3-2-4-6-11/h2-9,15H,10H2,1H3,(H,18,19). The van der Waals surface area contributed by atoms with Gasteiger partial charge in [0, 0.05) is 11.8 Å². The molecule has 0 radical (unpaired) electrons. The van der Waals surface area contributed by atoms with Gasteiger partial charge in [-0.3, -0.25) is 4.99 Å². The van der Waals surface area contributed by atoms with Crippen molar-refractivity contribution in [3.8, 4) is 5.75 Å².